The normalized spacial score (nSPS) is 18.1. The van der Waals surface area contributed by atoms with E-state index in [1.54, 1.807) is 5.01 Å². The highest BCUT2D eigenvalue weighted by Gasteiger charge is 2.10. The van der Waals surface area contributed by atoms with Gasteiger partial charge in [0.15, 0.2) is 0 Å². The Morgan fingerprint density at radius 3 is 2.82 bits per heavy atom. The summed E-state index contributed by atoms with van der Waals surface area (Å²) in [6.45, 7) is 5.79. The minimum absolute atomic E-state index is 0.680. The standard InChI is InChI=1S/C8H11ClN2/c1-6-4-8(9)7(2)11(5-6)10-3/h4-5,10H,2H2,1,3H3. The summed E-state index contributed by atoms with van der Waals surface area (Å²) >= 11 is 5.87. The summed E-state index contributed by atoms with van der Waals surface area (Å²) in [5, 5.41) is 2.47. The Hall–Kier alpha value is -0.730. The van der Waals surface area contributed by atoms with E-state index in [1.807, 2.05) is 26.2 Å². The zero-order chi connectivity index (χ0) is 8.43. The van der Waals surface area contributed by atoms with Crippen LogP contribution in [0.3, 0.4) is 0 Å². The van der Waals surface area contributed by atoms with Gasteiger partial charge in [0.05, 0.1) is 10.7 Å². The fraction of sp³-hybridized carbons (Fsp3) is 0.250. The molecule has 0 unspecified atom stereocenters. The second kappa shape index (κ2) is 3.11. The van der Waals surface area contributed by atoms with Gasteiger partial charge in [0.1, 0.15) is 0 Å². The fourth-order valence-electron chi connectivity index (χ4n) is 0.917. The molecule has 11 heavy (non-hydrogen) atoms. The van der Waals surface area contributed by atoms with Crippen LogP contribution in [0.25, 0.3) is 0 Å². The third kappa shape index (κ3) is 1.64. The van der Waals surface area contributed by atoms with E-state index in [9.17, 15) is 0 Å². The van der Waals surface area contributed by atoms with E-state index in [-0.39, 0.29) is 0 Å². The highest BCUT2D eigenvalue weighted by Crippen LogP contribution is 2.23. The van der Waals surface area contributed by atoms with Crippen molar-refractivity contribution in [2.75, 3.05) is 7.05 Å². The van der Waals surface area contributed by atoms with Gasteiger partial charge in [0.2, 0.25) is 0 Å². The molecule has 1 aliphatic heterocycles. The second-order valence-electron chi connectivity index (χ2n) is 2.41. The molecule has 0 saturated carbocycles. The van der Waals surface area contributed by atoms with Gasteiger partial charge in [-0.2, -0.15) is 0 Å². The van der Waals surface area contributed by atoms with Gasteiger partial charge in [-0.25, -0.2) is 5.43 Å². The Morgan fingerprint density at radius 2 is 2.27 bits per heavy atom. The minimum Gasteiger partial charge on any atom is -0.283 e. The van der Waals surface area contributed by atoms with Crippen molar-refractivity contribution in [1.29, 1.82) is 0 Å². The molecule has 0 amide bonds. The number of allylic oxidation sites excluding steroid dienone is 3. The maximum absolute atomic E-state index is 5.87. The summed E-state index contributed by atoms with van der Waals surface area (Å²) < 4.78 is 0. The van der Waals surface area contributed by atoms with E-state index in [0.717, 1.165) is 11.3 Å². The summed E-state index contributed by atoms with van der Waals surface area (Å²) in [5.74, 6) is 0. The van der Waals surface area contributed by atoms with E-state index in [1.165, 1.54) is 0 Å². The molecule has 1 heterocycles. The van der Waals surface area contributed by atoms with Gasteiger partial charge in [-0.05, 0) is 18.6 Å². The Morgan fingerprint density at radius 1 is 1.64 bits per heavy atom. The molecule has 3 heteroatoms. The molecule has 1 aliphatic rings. The van der Waals surface area contributed by atoms with Gasteiger partial charge in [-0.1, -0.05) is 18.2 Å². The quantitative estimate of drug-likeness (QED) is 0.648. The number of rotatable bonds is 1. The lowest BCUT2D eigenvalue weighted by atomic mass is 10.2. The average Bonchev–Trinajstić information content (AvgIpc) is 1.96. The van der Waals surface area contributed by atoms with Crippen molar-refractivity contribution < 1.29 is 0 Å². The molecule has 60 valence electrons. The molecule has 0 aliphatic carbocycles. The number of nitrogens with one attached hydrogen (secondary N) is 1. The molecule has 0 bridgehead atoms. The van der Waals surface area contributed by atoms with Gasteiger partial charge in [-0.3, -0.25) is 5.01 Å². The lowest BCUT2D eigenvalue weighted by Gasteiger charge is -2.24. The summed E-state index contributed by atoms with van der Waals surface area (Å²) in [5.41, 5.74) is 4.83. The van der Waals surface area contributed by atoms with Gasteiger partial charge in [-0.15, -0.1) is 0 Å². The van der Waals surface area contributed by atoms with Gasteiger partial charge in [0, 0.05) is 13.2 Å². The van der Waals surface area contributed by atoms with Crippen LogP contribution in [0, 0.1) is 0 Å². The van der Waals surface area contributed by atoms with Crippen molar-refractivity contribution in [1.82, 2.24) is 10.4 Å². The van der Waals surface area contributed by atoms with Crippen LogP contribution in [0.15, 0.2) is 35.2 Å². The molecule has 2 nitrogen and oxygen atoms in total. The van der Waals surface area contributed by atoms with E-state index < -0.39 is 0 Å². The highest BCUT2D eigenvalue weighted by molar-refractivity contribution is 6.32. The maximum Gasteiger partial charge on any atom is 0.0685 e. The molecular weight excluding hydrogens is 160 g/mol. The van der Waals surface area contributed by atoms with Crippen molar-refractivity contribution in [2.45, 2.75) is 6.92 Å². The number of halogens is 1. The highest BCUT2D eigenvalue weighted by atomic mass is 35.5. The van der Waals surface area contributed by atoms with Crippen molar-refractivity contribution in [2.24, 2.45) is 0 Å². The zero-order valence-electron chi connectivity index (χ0n) is 6.69. The van der Waals surface area contributed by atoms with E-state index in [4.69, 9.17) is 11.6 Å². The van der Waals surface area contributed by atoms with Crippen LogP contribution < -0.4 is 5.43 Å². The first-order valence-corrected chi connectivity index (χ1v) is 3.74. The molecule has 0 fully saturated rings. The average molecular weight is 171 g/mol. The van der Waals surface area contributed by atoms with E-state index in [2.05, 4.69) is 12.0 Å². The molecule has 0 aromatic heterocycles. The molecule has 0 radical (unpaired) electrons. The van der Waals surface area contributed by atoms with Crippen molar-refractivity contribution in [3.8, 4) is 0 Å². The Kier molecular flexibility index (Phi) is 2.37. The first-order chi connectivity index (χ1) is 5.15. The molecule has 0 saturated heterocycles. The summed E-state index contributed by atoms with van der Waals surface area (Å²) in [4.78, 5) is 0. The predicted molar refractivity (Wildman–Crippen MR) is 47.7 cm³/mol. The lowest BCUT2D eigenvalue weighted by molar-refractivity contribution is 0.380. The first kappa shape index (κ1) is 8.37. The topological polar surface area (TPSA) is 15.3 Å². The van der Waals surface area contributed by atoms with Crippen LogP contribution >= 0.6 is 11.6 Å². The number of hydrazine groups is 1. The van der Waals surface area contributed by atoms with Crippen molar-refractivity contribution in [3.05, 3.63) is 35.2 Å². The van der Waals surface area contributed by atoms with Crippen molar-refractivity contribution in [3.63, 3.8) is 0 Å². The summed E-state index contributed by atoms with van der Waals surface area (Å²) in [6.07, 6.45) is 3.83. The minimum atomic E-state index is 0.680. The molecular formula is C8H11ClN2. The predicted octanol–water partition coefficient (Wildman–Crippen LogP) is 1.98. The van der Waals surface area contributed by atoms with Crippen LogP contribution in [0.5, 0.6) is 0 Å². The van der Waals surface area contributed by atoms with E-state index >= 15 is 0 Å². The Labute approximate surface area is 71.8 Å². The Bertz CT molecular complexity index is 240. The Balaban J connectivity index is 2.90. The van der Waals surface area contributed by atoms with Gasteiger partial charge >= 0.3 is 0 Å². The van der Waals surface area contributed by atoms with Crippen LogP contribution in [-0.2, 0) is 0 Å². The number of nitrogens with zero attached hydrogens (tertiary/aromatic N) is 1. The molecule has 1 rings (SSSR count). The molecule has 0 spiro atoms. The second-order valence-corrected chi connectivity index (χ2v) is 2.81. The molecule has 0 aromatic carbocycles. The van der Waals surface area contributed by atoms with Gasteiger partial charge < -0.3 is 0 Å². The third-order valence-electron chi connectivity index (χ3n) is 1.49. The molecule has 1 N–H and O–H groups in total. The van der Waals surface area contributed by atoms with E-state index in [0.29, 0.717) is 5.03 Å². The fourth-order valence-corrected chi connectivity index (χ4v) is 1.18. The monoisotopic (exact) mass is 170 g/mol. The van der Waals surface area contributed by atoms with Crippen LogP contribution in [0.4, 0.5) is 0 Å². The van der Waals surface area contributed by atoms with Crippen LogP contribution in [-0.4, -0.2) is 12.1 Å². The number of hydrogen-bond donors (Lipinski definition) is 1. The largest absolute Gasteiger partial charge is 0.283 e. The smallest absolute Gasteiger partial charge is 0.0685 e. The lowest BCUT2D eigenvalue weighted by Crippen LogP contribution is -2.30. The summed E-state index contributed by atoms with van der Waals surface area (Å²) in [6, 6.07) is 0. The van der Waals surface area contributed by atoms with Gasteiger partial charge in [0.25, 0.3) is 0 Å². The van der Waals surface area contributed by atoms with Crippen LogP contribution in [0.1, 0.15) is 6.92 Å². The van der Waals surface area contributed by atoms with Crippen LogP contribution in [0.2, 0.25) is 0 Å². The third-order valence-corrected chi connectivity index (χ3v) is 1.82. The maximum atomic E-state index is 5.87. The molecule has 0 aromatic rings. The van der Waals surface area contributed by atoms with Crippen molar-refractivity contribution >= 4 is 11.6 Å². The number of hydrogen-bond acceptors (Lipinski definition) is 2. The summed E-state index contributed by atoms with van der Waals surface area (Å²) in [7, 11) is 1.82. The zero-order valence-corrected chi connectivity index (χ0v) is 7.44. The SMILES string of the molecule is C=C1C(Cl)=CC(C)=CN1NC. The first-order valence-electron chi connectivity index (χ1n) is 3.36. The molecule has 0 atom stereocenters.